The summed E-state index contributed by atoms with van der Waals surface area (Å²) >= 11 is 0. The fourth-order valence-corrected chi connectivity index (χ4v) is 2.78. The van der Waals surface area contributed by atoms with E-state index in [0.717, 1.165) is 11.1 Å². The fourth-order valence-electron chi connectivity index (χ4n) is 2.78. The predicted octanol–water partition coefficient (Wildman–Crippen LogP) is 1.58. The number of carbonyl (C=O) groups excluding carboxylic acids is 2. The van der Waals surface area contributed by atoms with E-state index in [1.54, 1.807) is 22.7 Å². The summed E-state index contributed by atoms with van der Waals surface area (Å²) in [4.78, 5) is 28.5. The van der Waals surface area contributed by atoms with Crippen molar-refractivity contribution in [1.29, 1.82) is 0 Å². The molecule has 0 saturated heterocycles. The molecular weight excluding hydrogens is 358 g/mol. The SMILES string of the molecule is COC(=O)CNc1c(-c2ccc(C)cc2)nc2cc(C(=O)NCCN)ccn12. The van der Waals surface area contributed by atoms with Crippen molar-refractivity contribution in [3.63, 3.8) is 0 Å². The number of ether oxygens (including phenoxy) is 1. The van der Waals surface area contributed by atoms with Gasteiger partial charge in [-0.25, -0.2) is 4.98 Å². The minimum Gasteiger partial charge on any atom is -0.468 e. The second-order valence-corrected chi connectivity index (χ2v) is 6.29. The first-order valence-corrected chi connectivity index (χ1v) is 8.91. The highest BCUT2D eigenvalue weighted by Gasteiger charge is 2.17. The van der Waals surface area contributed by atoms with Crippen LogP contribution in [0.4, 0.5) is 5.82 Å². The van der Waals surface area contributed by atoms with Crippen LogP contribution in [0.3, 0.4) is 0 Å². The number of nitrogens with zero attached hydrogens (tertiary/aromatic N) is 2. The molecule has 8 heteroatoms. The van der Waals surface area contributed by atoms with Crippen molar-refractivity contribution in [3.8, 4) is 11.3 Å². The summed E-state index contributed by atoms with van der Waals surface area (Å²) in [6, 6.07) is 11.3. The second kappa shape index (κ2) is 8.53. The Hall–Kier alpha value is -3.39. The number of fused-ring (bicyclic) bond motifs is 1. The van der Waals surface area contributed by atoms with E-state index in [9.17, 15) is 9.59 Å². The third-order valence-electron chi connectivity index (χ3n) is 4.27. The van der Waals surface area contributed by atoms with Crippen molar-refractivity contribution >= 4 is 23.3 Å². The molecule has 2 heterocycles. The molecule has 0 aliphatic heterocycles. The molecule has 3 aromatic rings. The van der Waals surface area contributed by atoms with E-state index < -0.39 is 0 Å². The van der Waals surface area contributed by atoms with Gasteiger partial charge in [-0.1, -0.05) is 29.8 Å². The monoisotopic (exact) mass is 381 g/mol. The fraction of sp³-hybridized carbons (Fsp3) is 0.250. The van der Waals surface area contributed by atoms with E-state index in [-0.39, 0.29) is 18.4 Å². The number of pyridine rings is 1. The Labute approximate surface area is 162 Å². The molecule has 146 valence electrons. The molecule has 0 bridgehead atoms. The number of esters is 1. The lowest BCUT2D eigenvalue weighted by atomic mass is 10.1. The van der Waals surface area contributed by atoms with Crippen LogP contribution < -0.4 is 16.4 Å². The normalized spacial score (nSPS) is 10.7. The highest BCUT2D eigenvalue weighted by Crippen LogP contribution is 2.29. The number of hydrogen-bond donors (Lipinski definition) is 3. The second-order valence-electron chi connectivity index (χ2n) is 6.29. The number of nitrogens with one attached hydrogen (secondary N) is 2. The van der Waals surface area contributed by atoms with Crippen LogP contribution in [0.1, 0.15) is 15.9 Å². The summed E-state index contributed by atoms with van der Waals surface area (Å²) in [7, 11) is 1.34. The van der Waals surface area contributed by atoms with Gasteiger partial charge in [0.2, 0.25) is 0 Å². The minimum atomic E-state index is -0.386. The average Bonchev–Trinajstić information content (AvgIpc) is 3.08. The Kier molecular flexibility index (Phi) is 5.90. The third-order valence-corrected chi connectivity index (χ3v) is 4.27. The third kappa shape index (κ3) is 4.12. The maximum Gasteiger partial charge on any atom is 0.325 e. The van der Waals surface area contributed by atoms with Crippen molar-refractivity contribution < 1.29 is 14.3 Å². The molecule has 28 heavy (non-hydrogen) atoms. The van der Waals surface area contributed by atoms with Crippen LogP contribution >= 0.6 is 0 Å². The molecule has 0 unspecified atom stereocenters. The lowest BCUT2D eigenvalue weighted by molar-refractivity contribution is -0.138. The largest absolute Gasteiger partial charge is 0.468 e. The average molecular weight is 381 g/mol. The molecule has 0 aliphatic rings. The van der Waals surface area contributed by atoms with Crippen molar-refractivity contribution in [3.05, 3.63) is 53.7 Å². The Morgan fingerprint density at radius 3 is 2.64 bits per heavy atom. The van der Waals surface area contributed by atoms with Crippen molar-refractivity contribution in [2.24, 2.45) is 5.73 Å². The van der Waals surface area contributed by atoms with Gasteiger partial charge in [0.25, 0.3) is 5.91 Å². The summed E-state index contributed by atoms with van der Waals surface area (Å²) in [5.41, 5.74) is 9.23. The number of methoxy groups -OCH3 is 1. The van der Waals surface area contributed by atoms with Crippen molar-refractivity contribution in [1.82, 2.24) is 14.7 Å². The van der Waals surface area contributed by atoms with Crippen molar-refractivity contribution in [2.75, 3.05) is 32.1 Å². The van der Waals surface area contributed by atoms with Gasteiger partial charge in [-0.15, -0.1) is 0 Å². The number of anilines is 1. The molecule has 0 radical (unpaired) electrons. The molecular formula is C20H23N5O3. The first-order chi connectivity index (χ1) is 13.5. The first kappa shape index (κ1) is 19.4. The number of hydrogen-bond acceptors (Lipinski definition) is 6. The molecule has 0 spiro atoms. The number of nitrogens with two attached hydrogens (primary N) is 1. The van der Waals surface area contributed by atoms with Gasteiger partial charge in [-0.2, -0.15) is 0 Å². The number of benzene rings is 1. The van der Waals surface area contributed by atoms with E-state index in [4.69, 9.17) is 10.5 Å². The standard InChI is InChI=1S/C20H23N5O3/c1-13-3-5-14(6-4-13)18-19(23-12-17(26)28-2)25-10-7-15(11-16(25)24-18)20(27)22-9-8-21/h3-7,10-11,23H,8-9,12,21H2,1-2H3,(H,22,27). The summed E-state index contributed by atoms with van der Waals surface area (Å²) in [6.07, 6.45) is 1.75. The van der Waals surface area contributed by atoms with E-state index >= 15 is 0 Å². The Balaban J connectivity index is 2.04. The van der Waals surface area contributed by atoms with E-state index in [0.29, 0.717) is 35.8 Å². The molecule has 1 amide bonds. The molecule has 2 aromatic heterocycles. The topological polar surface area (TPSA) is 111 Å². The van der Waals surface area contributed by atoms with Crippen LogP contribution in [0.15, 0.2) is 42.6 Å². The summed E-state index contributed by atoms with van der Waals surface area (Å²) < 4.78 is 6.52. The number of rotatable bonds is 7. The van der Waals surface area contributed by atoms with Crippen molar-refractivity contribution in [2.45, 2.75) is 6.92 Å². The number of imidazole rings is 1. The predicted molar refractivity (Wildman–Crippen MR) is 107 cm³/mol. The lowest BCUT2D eigenvalue weighted by Gasteiger charge is -2.09. The lowest BCUT2D eigenvalue weighted by Crippen LogP contribution is -2.29. The van der Waals surface area contributed by atoms with Gasteiger partial charge in [0, 0.05) is 30.4 Å². The van der Waals surface area contributed by atoms with Crippen LogP contribution in [0.25, 0.3) is 16.9 Å². The van der Waals surface area contributed by atoms with Gasteiger partial charge in [0.15, 0.2) is 0 Å². The maximum absolute atomic E-state index is 12.2. The molecule has 4 N–H and O–H groups in total. The smallest absolute Gasteiger partial charge is 0.325 e. The highest BCUT2D eigenvalue weighted by atomic mass is 16.5. The maximum atomic E-state index is 12.2. The quantitative estimate of drug-likeness (QED) is 0.536. The number of carbonyl (C=O) groups is 2. The Bertz CT molecular complexity index is 995. The Morgan fingerprint density at radius 1 is 1.21 bits per heavy atom. The zero-order chi connectivity index (χ0) is 20.1. The Morgan fingerprint density at radius 2 is 1.96 bits per heavy atom. The molecule has 8 nitrogen and oxygen atoms in total. The van der Waals surface area contributed by atoms with E-state index in [1.807, 2.05) is 31.2 Å². The first-order valence-electron chi connectivity index (χ1n) is 8.91. The molecule has 0 saturated carbocycles. The van der Waals surface area contributed by atoms with Gasteiger partial charge in [0.05, 0.1) is 7.11 Å². The van der Waals surface area contributed by atoms with E-state index in [1.165, 1.54) is 7.11 Å². The zero-order valence-electron chi connectivity index (χ0n) is 15.9. The minimum absolute atomic E-state index is 0.00188. The molecule has 0 aliphatic carbocycles. The molecule has 3 rings (SSSR count). The highest BCUT2D eigenvalue weighted by molar-refractivity contribution is 5.95. The van der Waals surface area contributed by atoms with Crippen LogP contribution in [0.5, 0.6) is 0 Å². The van der Waals surface area contributed by atoms with Gasteiger partial charge in [-0.05, 0) is 19.1 Å². The van der Waals surface area contributed by atoms with Gasteiger partial charge in [-0.3, -0.25) is 14.0 Å². The van der Waals surface area contributed by atoms with Crippen LogP contribution in [-0.4, -0.2) is 48.0 Å². The van der Waals surface area contributed by atoms with Crippen LogP contribution in [0.2, 0.25) is 0 Å². The number of aromatic nitrogens is 2. The summed E-state index contributed by atoms with van der Waals surface area (Å²) in [5, 5.41) is 5.83. The molecule has 0 atom stereocenters. The van der Waals surface area contributed by atoms with Crippen LogP contribution in [0, 0.1) is 6.92 Å². The van der Waals surface area contributed by atoms with Gasteiger partial charge < -0.3 is 21.1 Å². The van der Waals surface area contributed by atoms with Crippen LogP contribution in [-0.2, 0) is 9.53 Å². The summed E-state index contributed by atoms with van der Waals surface area (Å²) in [5.74, 6) is 0.0534. The van der Waals surface area contributed by atoms with Gasteiger partial charge >= 0.3 is 5.97 Å². The van der Waals surface area contributed by atoms with E-state index in [2.05, 4.69) is 15.6 Å². The summed E-state index contributed by atoms with van der Waals surface area (Å²) in [6.45, 7) is 2.79. The number of aryl methyl sites for hydroxylation is 1. The van der Waals surface area contributed by atoms with Gasteiger partial charge in [0.1, 0.15) is 23.7 Å². The molecule has 1 aromatic carbocycles. The zero-order valence-corrected chi connectivity index (χ0v) is 15.9. The number of amides is 1. The molecule has 0 fully saturated rings.